The second-order valence-corrected chi connectivity index (χ2v) is 12.1. The Hall–Kier alpha value is -2.64. The molecule has 0 saturated carbocycles. The zero-order valence-electron chi connectivity index (χ0n) is 23.6. The molecule has 3 atom stereocenters. The highest BCUT2D eigenvalue weighted by Crippen LogP contribution is 2.44. The summed E-state index contributed by atoms with van der Waals surface area (Å²) in [6.45, 7) is 7.92. The number of ether oxygens (including phenoxy) is 3. The summed E-state index contributed by atoms with van der Waals surface area (Å²) in [5.74, 6) is 3.19. The number of hydrogen-bond acceptors (Lipinski definition) is 7. The molecule has 6 nitrogen and oxygen atoms in total. The summed E-state index contributed by atoms with van der Waals surface area (Å²) in [6, 6.07) is 9.30. The third-order valence-corrected chi connectivity index (χ3v) is 10.1. The van der Waals surface area contributed by atoms with Gasteiger partial charge in [-0.25, -0.2) is 0 Å². The molecule has 5 rings (SSSR count). The van der Waals surface area contributed by atoms with Crippen molar-refractivity contribution in [1.82, 2.24) is 10.2 Å². The van der Waals surface area contributed by atoms with Gasteiger partial charge in [0.1, 0.15) is 5.75 Å². The Kier molecular flexibility index (Phi) is 9.08. The molecule has 0 amide bonds. The van der Waals surface area contributed by atoms with Gasteiger partial charge in [0.2, 0.25) is 0 Å². The monoisotopic (exact) mass is 550 g/mol. The van der Waals surface area contributed by atoms with Crippen LogP contribution < -0.4 is 19.5 Å². The fourth-order valence-corrected chi connectivity index (χ4v) is 8.06. The van der Waals surface area contributed by atoms with Gasteiger partial charge in [-0.1, -0.05) is 26.0 Å². The Morgan fingerprint density at radius 1 is 1.15 bits per heavy atom. The standard InChI is InChI=1S/C32H42N2O4S/c1-5-23-25-20-34-15-13-22-18-30(38-32(35)10-8-7-9-31-26(33-6-2)14-16-39-31)29(37-4)19-24(22)27(34)17-21(25)11-12-28(23)36-3/h6,11-12,18-19,26-27,31,33H,2,5,7-10,13-17,20H2,1,3-4H3. The number of unbranched alkanes of at least 4 members (excludes halogenated alkanes) is 1. The molecule has 0 aromatic heterocycles. The van der Waals surface area contributed by atoms with Crippen molar-refractivity contribution in [1.29, 1.82) is 0 Å². The second kappa shape index (κ2) is 12.7. The summed E-state index contributed by atoms with van der Waals surface area (Å²) in [5.41, 5.74) is 6.70. The van der Waals surface area contributed by atoms with E-state index in [9.17, 15) is 4.79 Å². The number of rotatable bonds is 11. The van der Waals surface area contributed by atoms with Gasteiger partial charge >= 0.3 is 5.97 Å². The van der Waals surface area contributed by atoms with Crippen molar-refractivity contribution < 1.29 is 19.0 Å². The Balaban J connectivity index is 1.23. The number of esters is 1. The summed E-state index contributed by atoms with van der Waals surface area (Å²) in [6.07, 6.45) is 9.24. The topological polar surface area (TPSA) is 60.0 Å². The molecule has 3 aliphatic rings. The molecule has 0 aliphatic carbocycles. The van der Waals surface area contributed by atoms with E-state index in [0.29, 0.717) is 35.3 Å². The first-order chi connectivity index (χ1) is 19.1. The number of benzene rings is 2. The lowest BCUT2D eigenvalue weighted by Gasteiger charge is -2.42. The first-order valence-corrected chi connectivity index (χ1v) is 15.4. The highest BCUT2D eigenvalue weighted by molar-refractivity contribution is 8.00. The quantitative estimate of drug-likeness (QED) is 0.209. The molecular weight excluding hydrogens is 508 g/mol. The number of nitrogens with one attached hydrogen (secondary N) is 1. The second-order valence-electron chi connectivity index (χ2n) is 10.8. The summed E-state index contributed by atoms with van der Waals surface area (Å²) < 4.78 is 17.2. The van der Waals surface area contributed by atoms with Crippen LogP contribution in [0.15, 0.2) is 37.0 Å². The Labute approximate surface area is 237 Å². The van der Waals surface area contributed by atoms with Gasteiger partial charge in [-0.05, 0) is 96.5 Å². The van der Waals surface area contributed by atoms with Gasteiger partial charge in [-0.2, -0.15) is 11.8 Å². The molecule has 7 heteroatoms. The summed E-state index contributed by atoms with van der Waals surface area (Å²) >= 11 is 2.03. The van der Waals surface area contributed by atoms with E-state index in [1.807, 2.05) is 17.8 Å². The van der Waals surface area contributed by atoms with Gasteiger partial charge in [0.15, 0.2) is 11.5 Å². The predicted molar refractivity (Wildman–Crippen MR) is 158 cm³/mol. The van der Waals surface area contributed by atoms with Crippen LogP contribution in [0.1, 0.15) is 72.9 Å². The summed E-state index contributed by atoms with van der Waals surface area (Å²) in [4.78, 5) is 15.3. The smallest absolute Gasteiger partial charge is 0.311 e. The van der Waals surface area contributed by atoms with E-state index in [-0.39, 0.29) is 5.97 Å². The average molecular weight is 551 g/mol. The number of thioether (sulfide) groups is 1. The van der Waals surface area contributed by atoms with E-state index in [1.165, 1.54) is 40.0 Å². The van der Waals surface area contributed by atoms with Gasteiger partial charge in [-0.3, -0.25) is 9.69 Å². The van der Waals surface area contributed by atoms with Crippen molar-refractivity contribution in [3.63, 3.8) is 0 Å². The lowest BCUT2D eigenvalue weighted by atomic mass is 9.82. The minimum absolute atomic E-state index is 0.182. The molecule has 3 aliphatic heterocycles. The van der Waals surface area contributed by atoms with Crippen LogP contribution in [0.5, 0.6) is 17.2 Å². The lowest BCUT2D eigenvalue weighted by Crippen LogP contribution is -2.39. The van der Waals surface area contributed by atoms with Gasteiger partial charge < -0.3 is 19.5 Å². The van der Waals surface area contributed by atoms with Crippen LogP contribution in [-0.4, -0.2) is 48.7 Å². The minimum Gasteiger partial charge on any atom is -0.496 e. The summed E-state index contributed by atoms with van der Waals surface area (Å²) in [7, 11) is 3.41. The van der Waals surface area contributed by atoms with Crippen LogP contribution in [0.25, 0.3) is 0 Å². The number of hydrogen-bond donors (Lipinski definition) is 1. The van der Waals surface area contributed by atoms with E-state index in [4.69, 9.17) is 14.2 Å². The Morgan fingerprint density at radius 3 is 2.77 bits per heavy atom. The fourth-order valence-electron chi connectivity index (χ4n) is 6.59. The molecular formula is C32H42N2O4S. The molecule has 0 bridgehead atoms. The van der Waals surface area contributed by atoms with Crippen LogP contribution in [0.4, 0.5) is 0 Å². The number of fused-ring (bicyclic) bond motifs is 4. The van der Waals surface area contributed by atoms with Crippen LogP contribution in [0, 0.1) is 0 Å². The number of nitrogens with zero attached hydrogens (tertiary/aromatic N) is 1. The molecule has 2 aromatic carbocycles. The van der Waals surface area contributed by atoms with E-state index >= 15 is 0 Å². The fraction of sp³-hybridized carbons (Fsp3) is 0.531. The van der Waals surface area contributed by atoms with E-state index in [1.54, 1.807) is 20.4 Å². The van der Waals surface area contributed by atoms with Crippen LogP contribution in [-0.2, 0) is 30.6 Å². The molecule has 1 saturated heterocycles. The molecule has 3 heterocycles. The third kappa shape index (κ3) is 5.94. The molecule has 3 unspecified atom stereocenters. The van der Waals surface area contributed by atoms with Crippen molar-refractivity contribution in [3.05, 3.63) is 64.9 Å². The van der Waals surface area contributed by atoms with Crippen molar-refractivity contribution in [2.45, 2.75) is 82.2 Å². The average Bonchev–Trinajstić information content (AvgIpc) is 3.40. The highest BCUT2D eigenvalue weighted by Gasteiger charge is 2.34. The van der Waals surface area contributed by atoms with E-state index < -0.39 is 0 Å². The maximum absolute atomic E-state index is 12.8. The molecule has 210 valence electrons. The first kappa shape index (κ1) is 27.9. The maximum atomic E-state index is 12.8. The largest absolute Gasteiger partial charge is 0.496 e. The normalized spacial score (nSPS) is 21.9. The minimum atomic E-state index is -0.182. The van der Waals surface area contributed by atoms with E-state index in [2.05, 4.69) is 41.9 Å². The van der Waals surface area contributed by atoms with Crippen molar-refractivity contribution in [2.75, 3.05) is 26.5 Å². The number of carbonyl (C=O) groups is 1. The predicted octanol–water partition coefficient (Wildman–Crippen LogP) is 5.99. The third-order valence-electron chi connectivity index (χ3n) is 8.61. The van der Waals surface area contributed by atoms with E-state index in [0.717, 1.165) is 57.4 Å². The first-order valence-electron chi connectivity index (χ1n) is 14.4. The zero-order valence-corrected chi connectivity index (χ0v) is 24.4. The maximum Gasteiger partial charge on any atom is 0.311 e. The molecule has 1 N–H and O–H groups in total. The van der Waals surface area contributed by atoms with Crippen LogP contribution in [0.3, 0.4) is 0 Å². The lowest BCUT2D eigenvalue weighted by molar-refractivity contribution is -0.134. The van der Waals surface area contributed by atoms with Gasteiger partial charge in [0.05, 0.1) is 14.2 Å². The molecule has 0 radical (unpaired) electrons. The van der Waals surface area contributed by atoms with Crippen LogP contribution >= 0.6 is 11.8 Å². The van der Waals surface area contributed by atoms with Crippen molar-refractivity contribution in [2.24, 2.45) is 0 Å². The zero-order chi connectivity index (χ0) is 27.4. The van der Waals surface area contributed by atoms with Crippen molar-refractivity contribution in [3.8, 4) is 17.2 Å². The number of carbonyl (C=O) groups excluding carboxylic acids is 1. The van der Waals surface area contributed by atoms with Gasteiger partial charge in [0.25, 0.3) is 0 Å². The van der Waals surface area contributed by atoms with Crippen LogP contribution in [0.2, 0.25) is 0 Å². The Bertz CT molecular complexity index is 1200. The summed E-state index contributed by atoms with van der Waals surface area (Å²) in [5, 5.41) is 3.97. The molecule has 39 heavy (non-hydrogen) atoms. The van der Waals surface area contributed by atoms with Gasteiger partial charge in [0, 0.05) is 36.8 Å². The number of methoxy groups -OCH3 is 2. The SMILES string of the molecule is C=CNC1CCSC1CCCCC(=O)Oc1cc2c(cc1OC)C1Cc3ccc(OC)c(CC)c3CN1CC2. The molecule has 2 aromatic rings. The highest BCUT2D eigenvalue weighted by atomic mass is 32.2. The Morgan fingerprint density at radius 2 is 2.00 bits per heavy atom. The molecule has 1 fully saturated rings. The van der Waals surface area contributed by atoms with Gasteiger partial charge in [-0.15, -0.1) is 0 Å². The van der Waals surface area contributed by atoms with Crippen molar-refractivity contribution >= 4 is 17.7 Å². The molecule has 0 spiro atoms.